The van der Waals surface area contributed by atoms with Gasteiger partial charge in [0.15, 0.2) is 11.5 Å². The third kappa shape index (κ3) is 4.58. The van der Waals surface area contributed by atoms with Crippen LogP contribution in [-0.4, -0.2) is 18.6 Å². The maximum absolute atomic E-state index is 12.5. The molecular formula is C21H24N2O4. The molecular weight excluding hydrogens is 344 g/mol. The van der Waals surface area contributed by atoms with Gasteiger partial charge in [0, 0.05) is 23.7 Å². The number of fused-ring (bicyclic) bond motifs is 1. The number of benzene rings is 2. The van der Waals surface area contributed by atoms with E-state index >= 15 is 0 Å². The molecule has 0 unspecified atom stereocenters. The van der Waals surface area contributed by atoms with Crippen LogP contribution in [0, 0.1) is 5.92 Å². The summed E-state index contributed by atoms with van der Waals surface area (Å²) in [6.45, 7) is 4.59. The summed E-state index contributed by atoms with van der Waals surface area (Å²) in [6, 6.07) is 12.5. The largest absolute Gasteiger partial charge is 0.454 e. The second-order valence-corrected chi connectivity index (χ2v) is 6.45. The predicted molar refractivity (Wildman–Crippen MR) is 103 cm³/mol. The van der Waals surface area contributed by atoms with Crippen LogP contribution in [0.4, 0.5) is 5.69 Å². The minimum atomic E-state index is -0.203. The lowest BCUT2D eigenvalue weighted by Gasteiger charge is -2.13. The number of nitrogens with one attached hydrogen (secondary N) is 2. The van der Waals surface area contributed by atoms with E-state index < -0.39 is 0 Å². The van der Waals surface area contributed by atoms with Gasteiger partial charge in [0.05, 0.1) is 0 Å². The number of ether oxygens (including phenoxy) is 2. The molecule has 0 aliphatic carbocycles. The summed E-state index contributed by atoms with van der Waals surface area (Å²) in [7, 11) is 0. The Kier molecular flexibility index (Phi) is 5.96. The Labute approximate surface area is 158 Å². The highest BCUT2D eigenvalue weighted by molar-refractivity contribution is 5.97. The zero-order chi connectivity index (χ0) is 19.2. The van der Waals surface area contributed by atoms with E-state index in [4.69, 9.17) is 9.47 Å². The molecule has 0 fully saturated rings. The highest BCUT2D eigenvalue weighted by Crippen LogP contribution is 2.32. The molecule has 0 radical (unpaired) electrons. The van der Waals surface area contributed by atoms with Crippen LogP contribution in [0.2, 0.25) is 0 Å². The van der Waals surface area contributed by atoms with E-state index in [0.29, 0.717) is 29.3 Å². The van der Waals surface area contributed by atoms with Crippen molar-refractivity contribution in [3.63, 3.8) is 0 Å². The normalized spacial score (nSPS) is 12.1. The van der Waals surface area contributed by atoms with E-state index in [-0.39, 0.29) is 24.5 Å². The fourth-order valence-electron chi connectivity index (χ4n) is 2.98. The number of carbonyl (C=O) groups is 2. The van der Waals surface area contributed by atoms with E-state index in [1.54, 1.807) is 24.3 Å². The molecule has 0 saturated carbocycles. The highest BCUT2D eigenvalue weighted by Gasteiger charge is 2.16. The Balaban J connectivity index is 1.61. The minimum absolute atomic E-state index is 0.0158. The molecule has 3 rings (SSSR count). The fourth-order valence-corrected chi connectivity index (χ4v) is 2.98. The van der Waals surface area contributed by atoms with E-state index in [2.05, 4.69) is 10.6 Å². The Bertz CT molecular complexity index is 831. The molecule has 6 nitrogen and oxygen atoms in total. The lowest BCUT2D eigenvalue weighted by atomic mass is 10.0. The summed E-state index contributed by atoms with van der Waals surface area (Å²) in [5, 5.41) is 5.78. The van der Waals surface area contributed by atoms with Crippen molar-refractivity contribution in [3.8, 4) is 11.5 Å². The van der Waals surface area contributed by atoms with Crippen molar-refractivity contribution >= 4 is 17.5 Å². The molecule has 0 bridgehead atoms. The van der Waals surface area contributed by atoms with Crippen molar-refractivity contribution < 1.29 is 19.1 Å². The van der Waals surface area contributed by atoms with E-state index in [1.165, 1.54) is 0 Å². The summed E-state index contributed by atoms with van der Waals surface area (Å²) in [4.78, 5) is 24.7. The molecule has 1 aliphatic rings. The SMILES string of the molecule is CCC(CC)C(=O)Nc1cccc(C(=O)NCc2ccc3c(c2)OCO3)c1. The molecule has 0 atom stereocenters. The minimum Gasteiger partial charge on any atom is -0.454 e. The van der Waals surface area contributed by atoms with Crippen LogP contribution in [-0.2, 0) is 11.3 Å². The van der Waals surface area contributed by atoms with Crippen molar-refractivity contribution in [2.45, 2.75) is 33.2 Å². The smallest absolute Gasteiger partial charge is 0.251 e. The van der Waals surface area contributed by atoms with Gasteiger partial charge in [0.2, 0.25) is 12.7 Å². The highest BCUT2D eigenvalue weighted by atomic mass is 16.7. The van der Waals surface area contributed by atoms with E-state index in [1.807, 2.05) is 32.0 Å². The average molecular weight is 368 g/mol. The molecule has 2 amide bonds. The second-order valence-electron chi connectivity index (χ2n) is 6.45. The van der Waals surface area contributed by atoms with Gasteiger partial charge in [0.25, 0.3) is 5.91 Å². The van der Waals surface area contributed by atoms with E-state index in [0.717, 1.165) is 18.4 Å². The molecule has 2 aromatic carbocycles. The molecule has 0 saturated heterocycles. The first-order chi connectivity index (χ1) is 13.1. The van der Waals surface area contributed by atoms with Crippen LogP contribution in [0.5, 0.6) is 11.5 Å². The zero-order valence-electron chi connectivity index (χ0n) is 15.6. The number of hydrogen-bond donors (Lipinski definition) is 2. The van der Waals surface area contributed by atoms with Gasteiger partial charge in [0.1, 0.15) is 0 Å². The van der Waals surface area contributed by atoms with Crippen molar-refractivity contribution in [1.29, 1.82) is 0 Å². The van der Waals surface area contributed by atoms with Crippen LogP contribution >= 0.6 is 0 Å². The lowest BCUT2D eigenvalue weighted by molar-refractivity contribution is -0.120. The van der Waals surface area contributed by atoms with Crippen LogP contribution in [0.1, 0.15) is 42.6 Å². The summed E-state index contributed by atoms with van der Waals surface area (Å²) in [5.41, 5.74) is 2.05. The van der Waals surface area contributed by atoms with Crippen LogP contribution < -0.4 is 20.1 Å². The Morgan fingerprint density at radius 2 is 1.81 bits per heavy atom. The molecule has 1 heterocycles. The fraction of sp³-hybridized carbons (Fsp3) is 0.333. The van der Waals surface area contributed by atoms with Gasteiger partial charge >= 0.3 is 0 Å². The average Bonchev–Trinajstić information content (AvgIpc) is 3.15. The summed E-state index contributed by atoms with van der Waals surface area (Å²) < 4.78 is 10.6. The third-order valence-corrected chi connectivity index (χ3v) is 4.64. The second kappa shape index (κ2) is 8.58. The third-order valence-electron chi connectivity index (χ3n) is 4.64. The zero-order valence-corrected chi connectivity index (χ0v) is 15.6. The Morgan fingerprint density at radius 1 is 1.04 bits per heavy atom. The standard InChI is InChI=1S/C21H24N2O4/c1-3-15(4-2)21(25)23-17-7-5-6-16(11-17)20(24)22-12-14-8-9-18-19(10-14)27-13-26-18/h5-11,15H,3-4,12-13H2,1-2H3,(H,22,24)(H,23,25). The first-order valence-corrected chi connectivity index (χ1v) is 9.18. The predicted octanol–water partition coefficient (Wildman–Crippen LogP) is 3.72. The first-order valence-electron chi connectivity index (χ1n) is 9.18. The van der Waals surface area contributed by atoms with E-state index in [9.17, 15) is 9.59 Å². The van der Waals surface area contributed by atoms with Crippen molar-refractivity contribution in [3.05, 3.63) is 53.6 Å². The van der Waals surface area contributed by atoms with Gasteiger partial charge in [-0.2, -0.15) is 0 Å². The Hall–Kier alpha value is -3.02. The number of hydrogen-bond acceptors (Lipinski definition) is 4. The maximum Gasteiger partial charge on any atom is 0.251 e. The monoisotopic (exact) mass is 368 g/mol. The number of rotatable bonds is 7. The Morgan fingerprint density at radius 3 is 2.59 bits per heavy atom. The van der Waals surface area contributed by atoms with Crippen LogP contribution in [0.3, 0.4) is 0 Å². The summed E-state index contributed by atoms with van der Waals surface area (Å²) in [6.07, 6.45) is 1.58. The molecule has 1 aliphatic heterocycles. The molecule has 142 valence electrons. The van der Waals surface area contributed by atoms with Crippen LogP contribution in [0.15, 0.2) is 42.5 Å². The van der Waals surface area contributed by atoms with Gasteiger partial charge in [-0.1, -0.05) is 26.0 Å². The molecule has 27 heavy (non-hydrogen) atoms. The van der Waals surface area contributed by atoms with Crippen molar-refractivity contribution in [1.82, 2.24) is 5.32 Å². The number of anilines is 1. The maximum atomic E-state index is 12.5. The molecule has 2 N–H and O–H groups in total. The molecule has 6 heteroatoms. The number of amides is 2. The van der Waals surface area contributed by atoms with Gasteiger partial charge in [-0.15, -0.1) is 0 Å². The van der Waals surface area contributed by atoms with Crippen molar-refractivity contribution in [2.75, 3.05) is 12.1 Å². The number of carbonyl (C=O) groups excluding carboxylic acids is 2. The topological polar surface area (TPSA) is 76.7 Å². The summed E-state index contributed by atoms with van der Waals surface area (Å²) >= 11 is 0. The van der Waals surface area contributed by atoms with Gasteiger partial charge in [-0.05, 0) is 48.7 Å². The molecule has 0 aromatic heterocycles. The lowest BCUT2D eigenvalue weighted by Crippen LogP contribution is -2.24. The van der Waals surface area contributed by atoms with Crippen molar-refractivity contribution in [2.24, 2.45) is 5.92 Å². The first kappa shape index (κ1) is 18.8. The van der Waals surface area contributed by atoms with Gasteiger partial charge in [-0.3, -0.25) is 9.59 Å². The van der Waals surface area contributed by atoms with Gasteiger partial charge in [-0.25, -0.2) is 0 Å². The molecule has 0 spiro atoms. The van der Waals surface area contributed by atoms with Crippen LogP contribution in [0.25, 0.3) is 0 Å². The van der Waals surface area contributed by atoms with Gasteiger partial charge < -0.3 is 20.1 Å². The quantitative estimate of drug-likeness (QED) is 0.781. The summed E-state index contributed by atoms with van der Waals surface area (Å²) in [5.74, 6) is 1.16. The molecule has 2 aromatic rings.